The van der Waals surface area contributed by atoms with E-state index in [1.807, 2.05) is 30.8 Å². The maximum Gasteiger partial charge on any atom is 0.124 e. The Morgan fingerprint density at radius 1 is 1.30 bits per heavy atom. The Labute approximate surface area is 125 Å². The first kappa shape index (κ1) is 15.0. The second kappa shape index (κ2) is 8.02. The van der Waals surface area contributed by atoms with Crippen molar-refractivity contribution in [1.82, 2.24) is 10.3 Å². The molecule has 1 atom stereocenters. The van der Waals surface area contributed by atoms with Gasteiger partial charge in [0.25, 0.3) is 0 Å². The van der Waals surface area contributed by atoms with Gasteiger partial charge in [-0.3, -0.25) is 4.98 Å². The second-order valence-electron chi connectivity index (χ2n) is 4.65. The number of ether oxygens (including phenoxy) is 1. The van der Waals surface area contributed by atoms with Crippen LogP contribution in [0.2, 0.25) is 0 Å². The summed E-state index contributed by atoms with van der Waals surface area (Å²) in [6.07, 6.45) is 4.03. The Kier molecular flexibility index (Phi) is 6.02. The van der Waals surface area contributed by atoms with Gasteiger partial charge in [-0.2, -0.15) is 0 Å². The van der Waals surface area contributed by atoms with Gasteiger partial charge in [-0.1, -0.05) is 25.1 Å². The van der Waals surface area contributed by atoms with Gasteiger partial charge in [0, 0.05) is 29.1 Å². The van der Waals surface area contributed by atoms with Crippen LogP contribution in [0, 0.1) is 0 Å². The van der Waals surface area contributed by atoms with E-state index in [1.165, 1.54) is 10.4 Å². The number of thiazole rings is 1. The summed E-state index contributed by atoms with van der Waals surface area (Å²) in [5.74, 6) is 0.980. The predicted molar refractivity (Wildman–Crippen MR) is 84.5 cm³/mol. The largest absolute Gasteiger partial charge is 0.494 e. The zero-order valence-electron chi connectivity index (χ0n) is 12.1. The highest BCUT2D eigenvalue weighted by atomic mass is 32.1. The number of rotatable bonds is 8. The van der Waals surface area contributed by atoms with Gasteiger partial charge in [0.15, 0.2) is 0 Å². The summed E-state index contributed by atoms with van der Waals surface area (Å²) in [5.41, 5.74) is 3.12. The second-order valence-corrected chi connectivity index (χ2v) is 5.62. The lowest BCUT2D eigenvalue weighted by Gasteiger charge is -2.21. The summed E-state index contributed by atoms with van der Waals surface area (Å²) >= 11 is 1.71. The number of hydrogen-bond donors (Lipinski definition) is 1. The predicted octanol–water partition coefficient (Wildman–Crippen LogP) is 3.83. The molecule has 20 heavy (non-hydrogen) atoms. The van der Waals surface area contributed by atoms with Gasteiger partial charge in [-0.15, -0.1) is 11.3 Å². The molecule has 2 rings (SSSR count). The monoisotopic (exact) mass is 290 g/mol. The minimum Gasteiger partial charge on any atom is -0.494 e. The van der Waals surface area contributed by atoms with Crippen molar-refractivity contribution in [1.29, 1.82) is 0 Å². The maximum absolute atomic E-state index is 5.76. The summed E-state index contributed by atoms with van der Waals surface area (Å²) in [6, 6.07) is 8.58. The minimum absolute atomic E-state index is 0.276. The zero-order valence-corrected chi connectivity index (χ0v) is 13.0. The van der Waals surface area contributed by atoms with Crippen molar-refractivity contribution in [2.45, 2.75) is 32.7 Å². The summed E-state index contributed by atoms with van der Waals surface area (Å²) in [6.45, 7) is 5.90. The average molecular weight is 290 g/mol. The molecule has 1 heterocycles. The number of nitrogens with zero attached hydrogens (tertiary/aromatic N) is 1. The molecule has 0 saturated heterocycles. The van der Waals surface area contributed by atoms with Gasteiger partial charge in [0.05, 0.1) is 12.1 Å². The molecule has 0 amide bonds. The van der Waals surface area contributed by atoms with E-state index in [0.29, 0.717) is 6.61 Å². The fraction of sp³-hybridized carbons (Fsp3) is 0.438. The highest BCUT2D eigenvalue weighted by molar-refractivity contribution is 7.09. The van der Waals surface area contributed by atoms with E-state index < -0.39 is 0 Å². The molecule has 0 aliphatic heterocycles. The van der Waals surface area contributed by atoms with Crippen LogP contribution in [0.3, 0.4) is 0 Å². The molecule has 1 aromatic carbocycles. The molecule has 0 aliphatic rings. The smallest absolute Gasteiger partial charge is 0.124 e. The fourth-order valence-electron chi connectivity index (χ4n) is 2.21. The summed E-state index contributed by atoms with van der Waals surface area (Å²) in [5, 5.41) is 3.62. The first-order valence-corrected chi connectivity index (χ1v) is 8.05. The average Bonchev–Trinajstić information content (AvgIpc) is 2.97. The van der Waals surface area contributed by atoms with E-state index in [9.17, 15) is 0 Å². The molecular formula is C16H22N2OS. The van der Waals surface area contributed by atoms with Crippen molar-refractivity contribution >= 4 is 11.3 Å². The number of aromatic nitrogens is 1. The van der Waals surface area contributed by atoms with Gasteiger partial charge in [-0.05, 0) is 26.0 Å². The molecule has 108 valence electrons. The quantitative estimate of drug-likeness (QED) is 0.802. The molecule has 3 nitrogen and oxygen atoms in total. The van der Waals surface area contributed by atoms with Gasteiger partial charge in [0.2, 0.25) is 0 Å². The summed E-state index contributed by atoms with van der Waals surface area (Å²) in [7, 11) is 0. The summed E-state index contributed by atoms with van der Waals surface area (Å²) in [4.78, 5) is 5.46. The van der Waals surface area contributed by atoms with E-state index in [4.69, 9.17) is 4.74 Å². The fourth-order valence-corrected chi connectivity index (χ4v) is 2.85. The highest BCUT2D eigenvalue weighted by Crippen LogP contribution is 2.28. The molecular weight excluding hydrogens is 268 g/mol. The van der Waals surface area contributed by atoms with Gasteiger partial charge >= 0.3 is 0 Å². The van der Waals surface area contributed by atoms with Crippen molar-refractivity contribution in [3.8, 4) is 5.75 Å². The van der Waals surface area contributed by atoms with Gasteiger partial charge in [-0.25, -0.2) is 0 Å². The lowest BCUT2D eigenvalue weighted by molar-refractivity contribution is 0.331. The third kappa shape index (κ3) is 4.05. The molecule has 0 fully saturated rings. The number of para-hydroxylation sites is 1. The number of hydrogen-bond acceptors (Lipinski definition) is 4. The number of benzene rings is 1. The van der Waals surface area contributed by atoms with Crippen molar-refractivity contribution in [2.75, 3.05) is 13.2 Å². The van der Waals surface area contributed by atoms with E-state index in [-0.39, 0.29) is 6.04 Å². The third-order valence-corrected chi connectivity index (χ3v) is 3.93. The first-order valence-electron chi connectivity index (χ1n) is 7.17. The van der Waals surface area contributed by atoms with Crippen molar-refractivity contribution in [3.05, 3.63) is 46.4 Å². The van der Waals surface area contributed by atoms with Gasteiger partial charge in [0.1, 0.15) is 5.75 Å². The highest BCUT2D eigenvalue weighted by Gasteiger charge is 2.16. The molecule has 0 aliphatic carbocycles. The molecule has 0 spiro atoms. The van der Waals surface area contributed by atoms with E-state index in [0.717, 1.165) is 25.1 Å². The maximum atomic E-state index is 5.76. The molecule has 4 heteroatoms. The Hall–Kier alpha value is -1.39. The van der Waals surface area contributed by atoms with Crippen molar-refractivity contribution in [2.24, 2.45) is 0 Å². The summed E-state index contributed by atoms with van der Waals surface area (Å²) < 4.78 is 5.76. The SMILES string of the molecule is CCCNC(Cc1cncs1)c1ccccc1OCC. The zero-order chi connectivity index (χ0) is 14.2. The van der Waals surface area contributed by atoms with Crippen LogP contribution in [0.4, 0.5) is 0 Å². The van der Waals surface area contributed by atoms with E-state index in [1.54, 1.807) is 11.3 Å². The van der Waals surface area contributed by atoms with Crippen LogP contribution in [-0.4, -0.2) is 18.1 Å². The van der Waals surface area contributed by atoms with Gasteiger partial charge < -0.3 is 10.1 Å². The molecule has 0 bridgehead atoms. The molecule has 0 saturated carbocycles. The van der Waals surface area contributed by atoms with Crippen LogP contribution >= 0.6 is 11.3 Å². The van der Waals surface area contributed by atoms with Crippen molar-refractivity contribution in [3.63, 3.8) is 0 Å². The first-order chi connectivity index (χ1) is 9.85. The van der Waals surface area contributed by atoms with Crippen LogP contribution in [0.1, 0.15) is 36.8 Å². The van der Waals surface area contributed by atoms with Crippen LogP contribution in [-0.2, 0) is 6.42 Å². The number of nitrogens with one attached hydrogen (secondary N) is 1. The molecule has 1 N–H and O–H groups in total. The van der Waals surface area contributed by atoms with E-state index >= 15 is 0 Å². The normalized spacial score (nSPS) is 12.3. The molecule has 0 radical (unpaired) electrons. The lowest BCUT2D eigenvalue weighted by atomic mass is 10.0. The molecule has 1 aromatic heterocycles. The van der Waals surface area contributed by atoms with Crippen LogP contribution in [0.15, 0.2) is 36.0 Å². The minimum atomic E-state index is 0.276. The van der Waals surface area contributed by atoms with Crippen LogP contribution in [0.25, 0.3) is 0 Å². The Morgan fingerprint density at radius 3 is 2.85 bits per heavy atom. The Morgan fingerprint density at radius 2 is 2.15 bits per heavy atom. The van der Waals surface area contributed by atoms with Crippen molar-refractivity contribution < 1.29 is 4.74 Å². The Bertz CT molecular complexity index is 499. The Balaban J connectivity index is 2.20. The molecule has 1 unspecified atom stereocenters. The topological polar surface area (TPSA) is 34.2 Å². The lowest BCUT2D eigenvalue weighted by Crippen LogP contribution is -2.24. The van der Waals surface area contributed by atoms with Crippen LogP contribution < -0.4 is 10.1 Å². The van der Waals surface area contributed by atoms with E-state index in [2.05, 4.69) is 29.4 Å². The standard InChI is InChI=1S/C16H22N2OS/c1-3-9-18-15(10-13-11-17-12-20-13)14-7-5-6-8-16(14)19-4-2/h5-8,11-12,15,18H,3-4,9-10H2,1-2H3. The molecule has 2 aromatic rings. The third-order valence-electron chi connectivity index (χ3n) is 3.12. The van der Waals surface area contributed by atoms with Crippen LogP contribution in [0.5, 0.6) is 5.75 Å².